The minimum atomic E-state index is -0.266. The molecule has 0 fully saturated rings. The van der Waals surface area contributed by atoms with Gasteiger partial charge in [-0.05, 0) is 62.6 Å². The molecular weight excluding hydrogens is 490 g/mol. The zero-order chi connectivity index (χ0) is 26.9. The number of hydrogen-bond acceptors (Lipinski definition) is 7. The van der Waals surface area contributed by atoms with Crippen molar-refractivity contribution in [3.63, 3.8) is 0 Å². The first-order valence-electron chi connectivity index (χ1n) is 11.9. The number of benzene rings is 2. The van der Waals surface area contributed by atoms with Crippen LogP contribution in [0.25, 0.3) is 6.08 Å². The van der Waals surface area contributed by atoms with Crippen LogP contribution >= 0.6 is 11.8 Å². The van der Waals surface area contributed by atoms with Crippen molar-refractivity contribution >= 4 is 35.3 Å². The SMILES string of the molecule is CCn1c(CNC(=O)C=Cc2ccc(OC)c(OC)c2)nnc1SCC(=O)Nc1c(C)cc(C)cc1C. The molecule has 0 aliphatic rings. The van der Waals surface area contributed by atoms with Crippen molar-refractivity contribution in [2.24, 2.45) is 0 Å². The number of nitrogens with zero attached hydrogens (tertiary/aromatic N) is 3. The third kappa shape index (κ3) is 7.36. The van der Waals surface area contributed by atoms with Gasteiger partial charge >= 0.3 is 0 Å². The molecule has 0 spiro atoms. The van der Waals surface area contributed by atoms with Gasteiger partial charge in [-0.15, -0.1) is 10.2 Å². The van der Waals surface area contributed by atoms with Crippen LogP contribution in [0.4, 0.5) is 5.69 Å². The zero-order valence-electron chi connectivity index (χ0n) is 22.0. The molecule has 0 saturated heterocycles. The van der Waals surface area contributed by atoms with E-state index in [2.05, 4.69) is 20.8 Å². The summed E-state index contributed by atoms with van der Waals surface area (Å²) in [6.07, 6.45) is 3.14. The second-order valence-corrected chi connectivity index (χ2v) is 9.36. The number of anilines is 1. The number of hydrogen-bond donors (Lipinski definition) is 2. The number of aryl methyl sites for hydroxylation is 3. The van der Waals surface area contributed by atoms with E-state index in [9.17, 15) is 9.59 Å². The quantitative estimate of drug-likeness (QED) is 0.285. The van der Waals surface area contributed by atoms with Crippen molar-refractivity contribution in [2.75, 3.05) is 25.3 Å². The van der Waals surface area contributed by atoms with E-state index in [1.165, 1.54) is 17.8 Å². The van der Waals surface area contributed by atoms with Crippen LogP contribution in [0.15, 0.2) is 41.6 Å². The van der Waals surface area contributed by atoms with Crippen LogP contribution in [-0.4, -0.2) is 46.6 Å². The number of nitrogens with one attached hydrogen (secondary N) is 2. The average molecular weight is 524 g/mol. The number of carbonyl (C=O) groups is 2. The lowest BCUT2D eigenvalue weighted by atomic mass is 10.1. The van der Waals surface area contributed by atoms with Gasteiger partial charge in [0.05, 0.1) is 26.5 Å². The summed E-state index contributed by atoms with van der Waals surface area (Å²) < 4.78 is 12.4. The fraction of sp³-hybridized carbons (Fsp3) is 0.333. The second kappa shape index (κ2) is 13.0. The Bertz CT molecular complexity index is 1280. The van der Waals surface area contributed by atoms with Crippen LogP contribution in [0.2, 0.25) is 0 Å². The molecule has 2 N–H and O–H groups in total. The van der Waals surface area contributed by atoms with Crippen molar-refractivity contribution < 1.29 is 19.1 Å². The predicted molar refractivity (Wildman–Crippen MR) is 146 cm³/mol. The summed E-state index contributed by atoms with van der Waals surface area (Å²) >= 11 is 1.31. The molecule has 0 bridgehead atoms. The third-order valence-corrected chi connectivity index (χ3v) is 6.61. The van der Waals surface area contributed by atoms with Gasteiger partial charge in [0, 0.05) is 18.3 Å². The van der Waals surface area contributed by atoms with Gasteiger partial charge in [-0.2, -0.15) is 0 Å². The van der Waals surface area contributed by atoms with E-state index in [-0.39, 0.29) is 24.1 Å². The normalized spacial score (nSPS) is 11.0. The molecule has 0 unspecified atom stereocenters. The zero-order valence-corrected chi connectivity index (χ0v) is 22.9. The summed E-state index contributed by atoms with van der Waals surface area (Å²) in [6, 6.07) is 9.50. The van der Waals surface area contributed by atoms with E-state index in [0.717, 1.165) is 27.9 Å². The Labute approximate surface area is 221 Å². The molecule has 0 radical (unpaired) electrons. The molecule has 1 aromatic heterocycles. The lowest BCUT2D eigenvalue weighted by Crippen LogP contribution is -2.22. The predicted octanol–water partition coefficient (Wildman–Crippen LogP) is 4.30. The van der Waals surface area contributed by atoms with Gasteiger partial charge in [0.15, 0.2) is 22.5 Å². The van der Waals surface area contributed by atoms with Gasteiger partial charge in [-0.25, -0.2) is 0 Å². The Hall–Kier alpha value is -3.79. The summed E-state index contributed by atoms with van der Waals surface area (Å²) in [4.78, 5) is 25.0. The molecule has 0 aliphatic carbocycles. The highest BCUT2D eigenvalue weighted by Crippen LogP contribution is 2.28. The number of thioether (sulfide) groups is 1. The summed E-state index contributed by atoms with van der Waals surface area (Å²) in [5.74, 6) is 1.64. The molecule has 2 amide bonds. The summed E-state index contributed by atoms with van der Waals surface area (Å²) in [5.41, 5.74) is 4.88. The van der Waals surface area contributed by atoms with Crippen molar-refractivity contribution in [1.82, 2.24) is 20.1 Å². The lowest BCUT2D eigenvalue weighted by Gasteiger charge is -2.13. The number of rotatable bonds is 11. The molecule has 37 heavy (non-hydrogen) atoms. The Balaban J connectivity index is 1.56. The smallest absolute Gasteiger partial charge is 0.244 e. The van der Waals surface area contributed by atoms with Gasteiger partial charge in [0.25, 0.3) is 0 Å². The van der Waals surface area contributed by atoms with Crippen LogP contribution in [0.3, 0.4) is 0 Å². The Morgan fingerprint density at radius 1 is 1.03 bits per heavy atom. The van der Waals surface area contributed by atoms with Crippen molar-refractivity contribution in [3.8, 4) is 11.5 Å². The molecule has 3 aromatic rings. The first-order valence-corrected chi connectivity index (χ1v) is 12.8. The summed E-state index contributed by atoms with van der Waals surface area (Å²) in [7, 11) is 3.13. The van der Waals surface area contributed by atoms with E-state index in [1.54, 1.807) is 32.4 Å². The van der Waals surface area contributed by atoms with Crippen LogP contribution in [0.1, 0.15) is 35.0 Å². The minimum absolute atomic E-state index is 0.110. The Kier molecular flexibility index (Phi) is 9.73. The maximum absolute atomic E-state index is 12.6. The van der Waals surface area contributed by atoms with Gasteiger partial charge < -0.3 is 24.7 Å². The number of amides is 2. The van der Waals surface area contributed by atoms with Crippen molar-refractivity contribution in [2.45, 2.75) is 45.9 Å². The Morgan fingerprint density at radius 3 is 2.38 bits per heavy atom. The molecule has 0 atom stereocenters. The van der Waals surface area contributed by atoms with Crippen LogP contribution in [0.5, 0.6) is 11.5 Å². The van der Waals surface area contributed by atoms with Crippen LogP contribution in [0, 0.1) is 20.8 Å². The summed E-state index contributed by atoms with van der Waals surface area (Å²) in [6.45, 7) is 8.80. The number of carbonyl (C=O) groups excluding carboxylic acids is 2. The molecular formula is C27H33N5O4S. The van der Waals surface area contributed by atoms with E-state index >= 15 is 0 Å². The van der Waals surface area contributed by atoms with Gasteiger partial charge in [-0.1, -0.05) is 35.5 Å². The van der Waals surface area contributed by atoms with Gasteiger partial charge in [-0.3, -0.25) is 9.59 Å². The highest BCUT2D eigenvalue weighted by atomic mass is 32.2. The molecule has 2 aromatic carbocycles. The monoisotopic (exact) mass is 523 g/mol. The number of ether oxygens (including phenoxy) is 2. The highest BCUT2D eigenvalue weighted by Gasteiger charge is 2.15. The van der Waals surface area contributed by atoms with E-state index in [4.69, 9.17) is 9.47 Å². The lowest BCUT2D eigenvalue weighted by molar-refractivity contribution is -0.116. The average Bonchev–Trinajstić information content (AvgIpc) is 3.28. The maximum atomic E-state index is 12.6. The maximum Gasteiger partial charge on any atom is 0.244 e. The molecule has 0 saturated carbocycles. The minimum Gasteiger partial charge on any atom is -0.493 e. The number of methoxy groups -OCH3 is 2. The summed E-state index contributed by atoms with van der Waals surface area (Å²) in [5, 5.41) is 14.9. The van der Waals surface area contributed by atoms with Crippen molar-refractivity contribution in [1.29, 1.82) is 0 Å². The fourth-order valence-electron chi connectivity index (χ4n) is 3.91. The van der Waals surface area contributed by atoms with Crippen LogP contribution < -0.4 is 20.1 Å². The van der Waals surface area contributed by atoms with E-state index < -0.39 is 0 Å². The second-order valence-electron chi connectivity index (χ2n) is 8.42. The van der Waals surface area contributed by atoms with Gasteiger partial charge in [0.1, 0.15) is 0 Å². The topological polar surface area (TPSA) is 107 Å². The highest BCUT2D eigenvalue weighted by molar-refractivity contribution is 7.99. The van der Waals surface area contributed by atoms with Crippen molar-refractivity contribution in [3.05, 3.63) is 64.5 Å². The molecule has 3 rings (SSSR count). The largest absolute Gasteiger partial charge is 0.493 e. The molecule has 1 heterocycles. The molecule has 10 heteroatoms. The van der Waals surface area contributed by atoms with Gasteiger partial charge in [0.2, 0.25) is 11.8 Å². The Morgan fingerprint density at radius 2 is 1.73 bits per heavy atom. The first-order chi connectivity index (χ1) is 17.7. The molecule has 196 valence electrons. The van der Waals surface area contributed by atoms with E-state index in [1.807, 2.05) is 50.5 Å². The fourth-order valence-corrected chi connectivity index (χ4v) is 4.73. The number of aromatic nitrogens is 3. The standard InChI is InChI=1S/C27H33N5O4S/c1-7-32-23(15-28-24(33)11-9-20-8-10-21(35-5)22(14-20)36-6)30-31-27(32)37-16-25(34)29-26-18(3)12-17(2)13-19(26)4/h8-14H,7,15-16H2,1-6H3,(H,28,33)(H,29,34). The third-order valence-electron chi connectivity index (χ3n) is 5.64. The molecule has 9 nitrogen and oxygen atoms in total. The molecule has 0 aliphatic heterocycles. The van der Waals surface area contributed by atoms with Crippen LogP contribution in [-0.2, 0) is 22.7 Å². The first kappa shape index (κ1) is 27.8. The van der Waals surface area contributed by atoms with E-state index in [0.29, 0.717) is 29.0 Å².